The van der Waals surface area contributed by atoms with Crippen LogP contribution in [0.4, 0.5) is 8.78 Å². The molecule has 1 aliphatic heterocycles. The van der Waals surface area contributed by atoms with Crippen LogP contribution in [0.3, 0.4) is 0 Å². The van der Waals surface area contributed by atoms with Gasteiger partial charge < -0.3 is 0 Å². The third-order valence-corrected chi connectivity index (χ3v) is 4.42. The summed E-state index contributed by atoms with van der Waals surface area (Å²) in [6.07, 6.45) is 0. The summed E-state index contributed by atoms with van der Waals surface area (Å²) in [4.78, 5) is 4.35. The van der Waals surface area contributed by atoms with Crippen LogP contribution in [0, 0.1) is 0 Å². The predicted octanol–water partition coefficient (Wildman–Crippen LogP) is 4.35. The van der Waals surface area contributed by atoms with E-state index in [1.165, 1.54) is 19.9 Å². The van der Waals surface area contributed by atoms with Gasteiger partial charge in [-0.1, -0.05) is 42.5 Å². The Labute approximate surface area is 138 Å². The van der Waals surface area contributed by atoms with E-state index in [2.05, 4.69) is 15.2 Å². The second-order valence-electron chi connectivity index (χ2n) is 6.43. The molecule has 120 valence electrons. The smallest absolute Gasteiger partial charge is 0.270 e. The van der Waals surface area contributed by atoms with Crippen molar-refractivity contribution in [1.29, 1.82) is 0 Å². The highest BCUT2D eigenvalue weighted by molar-refractivity contribution is 6.14. The van der Waals surface area contributed by atoms with E-state index >= 15 is 0 Å². The molecule has 1 aliphatic rings. The molecule has 0 atom stereocenters. The highest BCUT2D eigenvalue weighted by atomic mass is 19.3. The van der Waals surface area contributed by atoms with Crippen LogP contribution in [0.1, 0.15) is 30.7 Å². The first-order valence-electron chi connectivity index (χ1n) is 7.70. The number of aromatic nitrogens is 2. The van der Waals surface area contributed by atoms with Crippen LogP contribution < -0.4 is 0 Å². The highest BCUT2D eigenvalue weighted by Gasteiger charge is 2.52. The van der Waals surface area contributed by atoms with Gasteiger partial charge in [-0.25, -0.2) is 0 Å². The second kappa shape index (κ2) is 4.90. The molecule has 0 fully saturated rings. The lowest BCUT2D eigenvalue weighted by Crippen LogP contribution is -2.44. The van der Waals surface area contributed by atoms with Crippen LogP contribution in [0.5, 0.6) is 0 Å². The number of hydrogen-bond acceptors (Lipinski definition) is 3. The van der Waals surface area contributed by atoms with E-state index in [-0.39, 0.29) is 5.56 Å². The Morgan fingerprint density at radius 1 is 0.875 bits per heavy atom. The summed E-state index contributed by atoms with van der Waals surface area (Å²) in [5, 5.41) is 9.31. The molecule has 2 heterocycles. The average molecular weight is 323 g/mol. The number of halogens is 2. The lowest BCUT2D eigenvalue weighted by Gasteiger charge is -2.36. The average Bonchev–Trinajstić information content (AvgIpc) is 2.58. The number of fused-ring (bicyclic) bond motifs is 2. The minimum absolute atomic E-state index is 0.0186. The molecule has 0 amide bonds. The molecule has 5 heteroatoms. The standard InChI is InChI=1S/C19H15F2N3/c1-18(2)19(20,21)14-9-5-4-8-13(14)17(22-18)16-11-12-7-3-6-10-15(12)23-24-16/h3-11H,1-2H3. The fourth-order valence-electron chi connectivity index (χ4n) is 3.00. The largest absolute Gasteiger partial charge is 0.297 e. The molecular formula is C19H15F2N3. The molecule has 0 spiro atoms. The van der Waals surface area contributed by atoms with Gasteiger partial charge in [0.1, 0.15) is 11.2 Å². The molecule has 4 rings (SSSR count). The van der Waals surface area contributed by atoms with Gasteiger partial charge in [0.2, 0.25) is 0 Å². The Bertz CT molecular complexity index is 977. The van der Waals surface area contributed by atoms with Crippen molar-refractivity contribution in [2.45, 2.75) is 25.3 Å². The minimum atomic E-state index is -3.04. The third-order valence-electron chi connectivity index (χ3n) is 4.42. The summed E-state index contributed by atoms with van der Waals surface area (Å²) in [6, 6.07) is 15.9. The summed E-state index contributed by atoms with van der Waals surface area (Å²) < 4.78 is 29.5. The molecule has 3 nitrogen and oxygen atoms in total. The Morgan fingerprint density at radius 2 is 1.58 bits per heavy atom. The van der Waals surface area contributed by atoms with Crippen molar-refractivity contribution in [1.82, 2.24) is 10.2 Å². The van der Waals surface area contributed by atoms with Crippen molar-refractivity contribution in [2.24, 2.45) is 4.99 Å². The van der Waals surface area contributed by atoms with E-state index in [0.717, 1.165) is 10.9 Å². The van der Waals surface area contributed by atoms with Crippen molar-refractivity contribution in [3.8, 4) is 0 Å². The molecule has 24 heavy (non-hydrogen) atoms. The predicted molar refractivity (Wildman–Crippen MR) is 89.6 cm³/mol. The summed E-state index contributed by atoms with van der Waals surface area (Å²) in [7, 11) is 0. The zero-order valence-electron chi connectivity index (χ0n) is 13.3. The minimum Gasteiger partial charge on any atom is -0.270 e. The van der Waals surface area contributed by atoms with Gasteiger partial charge >= 0.3 is 0 Å². The first kappa shape index (κ1) is 14.9. The van der Waals surface area contributed by atoms with Crippen molar-refractivity contribution in [2.75, 3.05) is 0 Å². The molecule has 2 aromatic carbocycles. The van der Waals surface area contributed by atoms with Crippen LogP contribution in [-0.2, 0) is 5.92 Å². The van der Waals surface area contributed by atoms with E-state index in [1.807, 2.05) is 30.3 Å². The lowest BCUT2D eigenvalue weighted by atomic mass is 9.82. The highest BCUT2D eigenvalue weighted by Crippen LogP contribution is 2.46. The Hall–Kier alpha value is -2.69. The maximum atomic E-state index is 14.8. The van der Waals surface area contributed by atoms with Gasteiger partial charge in [-0.15, -0.1) is 10.2 Å². The Kier molecular flexibility index (Phi) is 3.04. The van der Waals surface area contributed by atoms with Crippen LogP contribution in [0.25, 0.3) is 10.9 Å². The Morgan fingerprint density at radius 3 is 2.42 bits per heavy atom. The van der Waals surface area contributed by atoms with E-state index in [4.69, 9.17) is 0 Å². The number of hydrogen-bond donors (Lipinski definition) is 0. The Balaban J connectivity index is 1.98. The molecule has 0 radical (unpaired) electrons. The zero-order valence-corrected chi connectivity index (χ0v) is 13.3. The normalized spacial score (nSPS) is 18.1. The van der Waals surface area contributed by atoms with Gasteiger partial charge in [-0.2, -0.15) is 8.78 Å². The second-order valence-corrected chi connectivity index (χ2v) is 6.43. The summed E-state index contributed by atoms with van der Waals surface area (Å²) >= 11 is 0. The molecule has 3 aromatic rings. The third kappa shape index (κ3) is 2.04. The summed E-state index contributed by atoms with van der Waals surface area (Å²) in [5.41, 5.74) is 0.561. The molecule has 0 aliphatic carbocycles. The monoisotopic (exact) mass is 323 g/mol. The first-order chi connectivity index (χ1) is 11.4. The van der Waals surface area contributed by atoms with Crippen LogP contribution in [-0.4, -0.2) is 21.4 Å². The van der Waals surface area contributed by atoms with Crippen molar-refractivity contribution >= 4 is 16.6 Å². The van der Waals surface area contributed by atoms with Gasteiger partial charge in [0.15, 0.2) is 0 Å². The van der Waals surface area contributed by atoms with Crippen molar-refractivity contribution in [3.63, 3.8) is 0 Å². The fraction of sp³-hybridized carbons (Fsp3) is 0.211. The molecule has 0 saturated heterocycles. The van der Waals surface area contributed by atoms with Gasteiger partial charge in [0.25, 0.3) is 5.92 Å². The van der Waals surface area contributed by atoms with Gasteiger partial charge in [-0.05, 0) is 26.0 Å². The number of alkyl halides is 2. The molecule has 0 bridgehead atoms. The van der Waals surface area contributed by atoms with Crippen LogP contribution >= 0.6 is 0 Å². The zero-order chi connectivity index (χ0) is 16.9. The maximum absolute atomic E-state index is 14.8. The van der Waals surface area contributed by atoms with Crippen LogP contribution in [0.2, 0.25) is 0 Å². The maximum Gasteiger partial charge on any atom is 0.297 e. The summed E-state index contributed by atoms with van der Waals surface area (Å²) in [6.45, 7) is 2.88. The van der Waals surface area contributed by atoms with Crippen molar-refractivity contribution in [3.05, 3.63) is 71.4 Å². The van der Waals surface area contributed by atoms with E-state index in [0.29, 0.717) is 17.0 Å². The van der Waals surface area contributed by atoms with E-state index in [9.17, 15) is 8.78 Å². The molecule has 0 saturated carbocycles. The lowest BCUT2D eigenvalue weighted by molar-refractivity contribution is -0.0682. The number of nitrogens with zero attached hydrogens (tertiary/aromatic N) is 3. The van der Waals surface area contributed by atoms with E-state index in [1.54, 1.807) is 18.2 Å². The van der Waals surface area contributed by atoms with Gasteiger partial charge in [-0.3, -0.25) is 4.99 Å². The van der Waals surface area contributed by atoms with Crippen LogP contribution in [0.15, 0.2) is 59.6 Å². The van der Waals surface area contributed by atoms with E-state index < -0.39 is 11.5 Å². The molecular weight excluding hydrogens is 308 g/mol. The number of rotatable bonds is 1. The van der Waals surface area contributed by atoms with Gasteiger partial charge in [0, 0.05) is 16.5 Å². The molecule has 0 N–H and O–H groups in total. The summed E-state index contributed by atoms with van der Waals surface area (Å²) in [5.74, 6) is -3.04. The SMILES string of the molecule is CC1(C)N=C(c2cc3ccccc3nn2)c2ccccc2C1(F)F. The number of benzene rings is 2. The topological polar surface area (TPSA) is 38.1 Å². The quantitative estimate of drug-likeness (QED) is 0.668. The van der Waals surface area contributed by atoms with Crippen molar-refractivity contribution < 1.29 is 8.78 Å². The number of aliphatic imine (C=N–C) groups is 1. The van der Waals surface area contributed by atoms with Gasteiger partial charge in [0.05, 0.1) is 11.2 Å². The fourth-order valence-corrected chi connectivity index (χ4v) is 3.00. The molecule has 1 aromatic heterocycles. The molecule has 0 unspecified atom stereocenters. The first-order valence-corrected chi connectivity index (χ1v) is 7.70.